The fraction of sp³-hybridized carbons (Fsp3) is 0.357. The Labute approximate surface area is 111 Å². The van der Waals surface area contributed by atoms with Crippen LogP contribution in [0.15, 0.2) is 22.6 Å². The zero-order chi connectivity index (χ0) is 14.0. The molecule has 100 valence electrons. The number of ketones is 1. The van der Waals surface area contributed by atoms with Crippen LogP contribution in [0.5, 0.6) is 0 Å². The Morgan fingerprint density at radius 1 is 1.32 bits per heavy atom. The van der Waals surface area contributed by atoms with Gasteiger partial charge in [-0.05, 0) is 19.1 Å². The number of anilines is 1. The molecule has 0 N–H and O–H groups in total. The summed E-state index contributed by atoms with van der Waals surface area (Å²) >= 11 is 0. The largest absolute Gasteiger partial charge is 0.441 e. The van der Waals surface area contributed by atoms with Gasteiger partial charge < -0.3 is 14.1 Å². The van der Waals surface area contributed by atoms with E-state index < -0.39 is 0 Å². The maximum Gasteiger partial charge on any atom is 0.227 e. The van der Waals surface area contributed by atoms with E-state index in [-0.39, 0.29) is 24.5 Å². The molecule has 19 heavy (non-hydrogen) atoms. The van der Waals surface area contributed by atoms with Crippen LogP contribution in [0.3, 0.4) is 0 Å². The third-order valence-electron chi connectivity index (χ3n) is 2.93. The van der Waals surface area contributed by atoms with Crippen molar-refractivity contribution < 1.29 is 14.0 Å². The molecule has 5 heteroatoms. The Hall–Kier alpha value is -2.17. The lowest BCUT2D eigenvalue weighted by molar-refractivity contribution is -0.122. The molecular formula is C14H16N2O3. The second-order valence-electron chi connectivity index (χ2n) is 4.54. The van der Waals surface area contributed by atoms with E-state index in [0.717, 1.165) is 11.2 Å². The van der Waals surface area contributed by atoms with Crippen LogP contribution >= 0.6 is 0 Å². The first-order valence-corrected chi connectivity index (χ1v) is 6.10. The fourth-order valence-corrected chi connectivity index (χ4v) is 1.83. The molecule has 0 aliphatic heterocycles. The van der Waals surface area contributed by atoms with Crippen molar-refractivity contribution in [1.82, 2.24) is 4.98 Å². The van der Waals surface area contributed by atoms with E-state index in [0.29, 0.717) is 11.5 Å². The van der Waals surface area contributed by atoms with Crippen molar-refractivity contribution in [2.75, 3.05) is 11.9 Å². The number of Topliss-reactive ketones (excluding diaryl/α,β-unsaturated/α-hetero) is 1. The second kappa shape index (κ2) is 5.22. The number of hydrogen-bond donors (Lipinski definition) is 0. The SMILES string of the molecule is CC(=O)CCC(=O)N(C)c1ccc2nc(C)oc2c1. The summed E-state index contributed by atoms with van der Waals surface area (Å²) in [6.45, 7) is 3.26. The molecule has 0 fully saturated rings. The highest BCUT2D eigenvalue weighted by atomic mass is 16.3. The van der Waals surface area contributed by atoms with Crippen molar-refractivity contribution in [3.8, 4) is 0 Å². The quantitative estimate of drug-likeness (QED) is 0.847. The van der Waals surface area contributed by atoms with Gasteiger partial charge in [0.15, 0.2) is 11.5 Å². The Bertz CT molecular complexity index is 631. The van der Waals surface area contributed by atoms with Gasteiger partial charge in [0.25, 0.3) is 0 Å². The molecule has 0 saturated heterocycles. The van der Waals surface area contributed by atoms with Crippen LogP contribution in [-0.4, -0.2) is 23.7 Å². The monoisotopic (exact) mass is 260 g/mol. The summed E-state index contributed by atoms with van der Waals surface area (Å²) in [7, 11) is 1.69. The summed E-state index contributed by atoms with van der Waals surface area (Å²) in [6.07, 6.45) is 0.492. The van der Waals surface area contributed by atoms with Crippen LogP contribution in [-0.2, 0) is 9.59 Å². The first kappa shape index (κ1) is 13.3. The normalized spacial score (nSPS) is 10.7. The average Bonchev–Trinajstić information content (AvgIpc) is 2.73. The van der Waals surface area contributed by atoms with Gasteiger partial charge >= 0.3 is 0 Å². The van der Waals surface area contributed by atoms with Crippen molar-refractivity contribution in [2.45, 2.75) is 26.7 Å². The highest BCUT2D eigenvalue weighted by Crippen LogP contribution is 2.22. The van der Waals surface area contributed by atoms with Crippen molar-refractivity contribution >= 4 is 28.5 Å². The number of aryl methyl sites for hydroxylation is 1. The Morgan fingerprint density at radius 3 is 2.74 bits per heavy atom. The third-order valence-corrected chi connectivity index (χ3v) is 2.93. The van der Waals surface area contributed by atoms with Gasteiger partial charge in [-0.3, -0.25) is 4.79 Å². The number of hydrogen-bond acceptors (Lipinski definition) is 4. The summed E-state index contributed by atoms with van der Waals surface area (Å²) in [5, 5.41) is 0. The van der Waals surface area contributed by atoms with E-state index in [2.05, 4.69) is 4.98 Å². The minimum Gasteiger partial charge on any atom is -0.441 e. The van der Waals surface area contributed by atoms with Crippen LogP contribution in [0.4, 0.5) is 5.69 Å². The molecule has 2 rings (SSSR count). The van der Waals surface area contributed by atoms with Crippen molar-refractivity contribution in [1.29, 1.82) is 0 Å². The number of benzene rings is 1. The standard InChI is InChI=1S/C14H16N2O3/c1-9(17)4-7-14(18)16(3)11-5-6-12-13(8-11)19-10(2)15-12/h5-6,8H,4,7H2,1-3H3. The lowest BCUT2D eigenvalue weighted by Gasteiger charge is -2.16. The van der Waals surface area contributed by atoms with Gasteiger partial charge in [0.1, 0.15) is 11.3 Å². The minimum absolute atomic E-state index is 0.0167. The van der Waals surface area contributed by atoms with Gasteiger partial charge in [0.2, 0.25) is 5.91 Å². The maximum absolute atomic E-state index is 11.9. The highest BCUT2D eigenvalue weighted by Gasteiger charge is 2.13. The number of carbonyl (C=O) groups is 2. The molecule has 1 aromatic carbocycles. The van der Waals surface area contributed by atoms with E-state index in [4.69, 9.17) is 4.42 Å². The summed E-state index contributed by atoms with van der Waals surface area (Å²) in [4.78, 5) is 28.5. The topological polar surface area (TPSA) is 63.4 Å². The van der Waals surface area contributed by atoms with Crippen molar-refractivity contribution in [3.63, 3.8) is 0 Å². The van der Waals surface area contributed by atoms with Gasteiger partial charge in [-0.1, -0.05) is 0 Å². The third kappa shape index (κ3) is 2.99. The predicted molar refractivity (Wildman–Crippen MR) is 72.1 cm³/mol. The summed E-state index contributed by atoms with van der Waals surface area (Å²) in [6, 6.07) is 5.41. The van der Waals surface area contributed by atoms with Gasteiger partial charge in [-0.25, -0.2) is 4.98 Å². The lowest BCUT2D eigenvalue weighted by Crippen LogP contribution is -2.26. The number of oxazole rings is 1. The van der Waals surface area contributed by atoms with Gasteiger partial charge in [-0.2, -0.15) is 0 Å². The van der Waals surface area contributed by atoms with Gasteiger partial charge in [0, 0.05) is 38.6 Å². The van der Waals surface area contributed by atoms with E-state index in [1.54, 1.807) is 20.0 Å². The van der Waals surface area contributed by atoms with Crippen molar-refractivity contribution in [2.24, 2.45) is 0 Å². The first-order valence-electron chi connectivity index (χ1n) is 6.10. The Kier molecular flexibility index (Phi) is 3.64. The van der Waals surface area contributed by atoms with E-state index in [1.807, 2.05) is 12.1 Å². The number of aromatic nitrogens is 1. The molecular weight excluding hydrogens is 244 g/mol. The van der Waals surface area contributed by atoms with Crippen LogP contribution < -0.4 is 4.90 Å². The summed E-state index contributed by atoms with van der Waals surface area (Å²) in [5.41, 5.74) is 2.16. The Morgan fingerprint density at radius 2 is 2.05 bits per heavy atom. The maximum atomic E-state index is 11.9. The minimum atomic E-state index is -0.0919. The highest BCUT2D eigenvalue weighted by molar-refractivity contribution is 5.96. The van der Waals surface area contributed by atoms with Crippen LogP contribution in [0.1, 0.15) is 25.7 Å². The smallest absolute Gasteiger partial charge is 0.227 e. The van der Waals surface area contributed by atoms with Gasteiger partial charge in [-0.15, -0.1) is 0 Å². The molecule has 2 aromatic rings. The molecule has 0 aliphatic rings. The molecule has 0 spiro atoms. The number of amides is 1. The first-order chi connectivity index (χ1) is 8.97. The zero-order valence-electron chi connectivity index (χ0n) is 11.3. The number of nitrogens with zero attached hydrogens (tertiary/aromatic N) is 2. The zero-order valence-corrected chi connectivity index (χ0v) is 11.3. The van der Waals surface area contributed by atoms with E-state index in [1.165, 1.54) is 11.8 Å². The van der Waals surface area contributed by atoms with Gasteiger partial charge in [0.05, 0.1) is 0 Å². The molecule has 5 nitrogen and oxygen atoms in total. The summed E-state index contributed by atoms with van der Waals surface area (Å²) in [5.74, 6) is 0.520. The van der Waals surface area contributed by atoms with Crippen molar-refractivity contribution in [3.05, 3.63) is 24.1 Å². The molecule has 1 heterocycles. The fourth-order valence-electron chi connectivity index (χ4n) is 1.83. The van der Waals surface area contributed by atoms with Crippen LogP contribution in [0, 0.1) is 6.92 Å². The molecule has 0 bridgehead atoms. The summed E-state index contributed by atoms with van der Waals surface area (Å²) < 4.78 is 5.43. The molecule has 1 amide bonds. The molecule has 0 unspecified atom stereocenters. The average molecular weight is 260 g/mol. The predicted octanol–water partition coefficient (Wildman–Crippen LogP) is 2.47. The Balaban J connectivity index is 2.18. The van der Waals surface area contributed by atoms with Crippen LogP contribution in [0.2, 0.25) is 0 Å². The van der Waals surface area contributed by atoms with E-state index in [9.17, 15) is 9.59 Å². The number of fused-ring (bicyclic) bond motifs is 1. The number of rotatable bonds is 4. The molecule has 0 saturated carbocycles. The molecule has 0 atom stereocenters. The molecule has 0 aliphatic carbocycles. The van der Waals surface area contributed by atoms with Crippen LogP contribution in [0.25, 0.3) is 11.1 Å². The second-order valence-corrected chi connectivity index (χ2v) is 4.54. The lowest BCUT2D eigenvalue weighted by atomic mass is 10.2. The molecule has 0 radical (unpaired) electrons. The number of carbonyl (C=O) groups excluding carboxylic acids is 2. The molecule has 1 aromatic heterocycles. The van der Waals surface area contributed by atoms with E-state index >= 15 is 0 Å².